The maximum Gasteiger partial charge on any atom is 0.240 e. The summed E-state index contributed by atoms with van der Waals surface area (Å²) in [5, 5.41) is 3.98. The van der Waals surface area contributed by atoms with Crippen LogP contribution in [0.25, 0.3) is 0 Å². The molecule has 19 heavy (non-hydrogen) atoms. The smallest absolute Gasteiger partial charge is 0.240 e. The first-order valence-corrected chi connectivity index (χ1v) is 7.11. The number of aromatic nitrogens is 2. The van der Waals surface area contributed by atoms with Crippen molar-refractivity contribution in [3.8, 4) is 5.75 Å². The molecule has 102 valence electrons. The molecule has 0 aliphatic heterocycles. The van der Waals surface area contributed by atoms with E-state index in [1.165, 1.54) is 19.2 Å². The molecule has 0 fully saturated rings. The first-order valence-electron chi connectivity index (χ1n) is 5.62. The van der Waals surface area contributed by atoms with Crippen molar-refractivity contribution in [2.24, 2.45) is 7.05 Å². The van der Waals surface area contributed by atoms with Crippen LogP contribution in [0, 0.1) is 0 Å². The maximum absolute atomic E-state index is 12.0. The molecule has 1 N–H and O–H groups in total. The summed E-state index contributed by atoms with van der Waals surface area (Å²) in [5.41, 5.74) is 0.805. The number of benzene rings is 1. The molecule has 2 aromatic rings. The summed E-state index contributed by atoms with van der Waals surface area (Å²) in [6.45, 7) is 0.211. The average Bonchev–Trinajstić information content (AvgIpc) is 2.82. The standard InChI is InChI=1S/C12H15N3O3S/c1-15-9-10(7-13-15)8-14-19(16,17)12-5-3-11(18-2)4-6-12/h3-7,9,14H,8H2,1-2H3. The van der Waals surface area contributed by atoms with Crippen LogP contribution in [-0.4, -0.2) is 25.3 Å². The normalized spacial score (nSPS) is 11.5. The van der Waals surface area contributed by atoms with Gasteiger partial charge in [0, 0.05) is 25.4 Å². The third kappa shape index (κ3) is 3.33. The molecule has 1 aromatic carbocycles. The number of sulfonamides is 1. The molecule has 0 aliphatic rings. The lowest BCUT2D eigenvalue weighted by Gasteiger charge is -2.06. The van der Waals surface area contributed by atoms with Gasteiger partial charge in [-0.15, -0.1) is 0 Å². The second-order valence-corrected chi connectivity index (χ2v) is 5.79. The molecule has 0 radical (unpaired) electrons. The Morgan fingerprint density at radius 1 is 1.32 bits per heavy atom. The van der Waals surface area contributed by atoms with Crippen molar-refractivity contribution in [2.75, 3.05) is 7.11 Å². The summed E-state index contributed by atoms with van der Waals surface area (Å²) in [6, 6.07) is 6.23. The van der Waals surface area contributed by atoms with E-state index in [1.807, 2.05) is 0 Å². The van der Waals surface area contributed by atoms with Gasteiger partial charge in [-0.25, -0.2) is 13.1 Å². The maximum atomic E-state index is 12.0. The highest BCUT2D eigenvalue weighted by Gasteiger charge is 2.13. The molecule has 0 saturated heterocycles. The van der Waals surface area contributed by atoms with Crippen LogP contribution in [0.3, 0.4) is 0 Å². The number of nitrogens with one attached hydrogen (secondary N) is 1. The van der Waals surface area contributed by atoms with Crippen LogP contribution in [0.15, 0.2) is 41.6 Å². The minimum absolute atomic E-state index is 0.206. The Balaban J connectivity index is 2.09. The quantitative estimate of drug-likeness (QED) is 0.884. The van der Waals surface area contributed by atoms with Crippen molar-refractivity contribution in [1.82, 2.24) is 14.5 Å². The lowest BCUT2D eigenvalue weighted by atomic mass is 10.3. The van der Waals surface area contributed by atoms with Gasteiger partial charge in [-0.05, 0) is 24.3 Å². The topological polar surface area (TPSA) is 73.2 Å². The molecule has 6 nitrogen and oxygen atoms in total. The summed E-state index contributed by atoms with van der Waals surface area (Å²) in [5.74, 6) is 0.617. The van der Waals surface area contributed by atoms with E-state index in [1.54, 1.807) is 36.3 Å². The molecule has 0 aliphatic carbocycles. The Labute approximate surface area is 112 Å². The monoisotopic (exact) mass is 281 g/mol. The van der Waals surface area contributed by atoms with E-state index in [4.69, 9.17) is 4.74 Å². The van der Waals surface area contributed by atoms with E-state index < -0.39 is 10.0 Å². The van der Waals surface area contributed by atoms with Crippen molar-refractivity contribution < 1.29 is 13.2 Å². The van der Waals surface area contributed by atoms with E-state index in [-0.39, 0.29) is 11.4 Å². The molecule has 1 heterocycles. The average molecular weight is 281 g/mol. The molecule has 7 heteroatoms. The van der Waals surface area contributed by atoms with Gasteiger partial charge in [0.15, 0.2) is 0 Å². The number of nitrogens with zero attached hydrogens (tertiary/aromatic N) is 2. The number of hydrogen-bond donors (Lipinski definition) is 1. The zero-order valence-corrected chi connectivity index (χ0v) is 11.5. The fraction of sp³-hybridized carbons (Fsp3) is 0.250. The highest BCUT2D eigenvalue weighted by atomic mass is 32.2. The Kier molecular flexibility index (Phi) is 3.87. The number of hydrogen-bond acceptors (Lipinski definition) is 4. The number of ether oxygens (including phenoxy) is 1. The SMILES string of the molecule is COc1ccc(S(=O)(=O)NCc2cnn(C)c2)cc1. The van der Waals surface area contributed by atoms with Gasteiger partial charge in [0.25, 0.3) is 0 Å². The van der Waals surface area contributed by atoms with Crippen molar-refractivity contribution in [2.45, 2.75) is 11.4 Å². The van der Waals surface area contributed by atoms with Crippen LogP contribution in [0.2, 0.25) is 0 Å². The van der Waals surface area contributed by atoms with Gasteiger partial charge in [0.2, 0.25) is 10.0 Å². The van der Waals surface area contributed by atoms with E-state index in [9.17, 15) is 8.42 Å². The molecule has 2 rings (SSSR count). The van der Waals surface area contributed by atoms with Gasteiger partial charge in [0.1, 0.15) is 5.75 Å². The predicted octanol–water partition coefficient (Wildman–Crippen LogP) is 0.907. The minimum atomic E-state index is -3.52. The van der Waals surface area contributed by atoms with Crippen molar-refractivity contribution in [3.63, 3.8) is 0 Å². The van der Waals surface area contributed by atoms with Gasteiger partial charge < -0.3 is 4.74 Å². The van der Waals surface area contributed by atoms with E-state index in [2.05, 4.69) is 9.82 Å². The molecule has 0 saturated carbocycles. The van der Waals surface area contributed by atoms with Crippen LogP contribution >= 0.6 is 0 Å². The first kappa shape index (κ1) is 13.6. The van der Waals surface area contributed by atoms with Crippen LogP contribution in [0.1, 0.15) is 5.56 Å². The lowest BCUT2D eigenvalue weighted by Crippen LogP contribution is -2.23. The number of aryl methyl sites for hydroxylation is 1. The van der Waals surface area contributed by atoms with Crippen molar-refractivity contribution in [3.05, 3.63) is 42.2 Å². The third-order valence-corrected chi connectivity index (χ3v) is 4.01. The van der Waals surface area contributed by atoms with Gasteiger partial charge in [-0.3, -0.25) is 4.68 Å². The second-order valence-electron chi connectivity index (χ2n) is 4.02. The Morgan fingerprint density at radius 2 is 2.00 bits per heavy atom. The summed E-state index contributed by atoms with van der Waals surface area (Å²) in [6.07, 6.45) is 3.38. The molecule has 0 atom stereocenters. The molecular weight excluding hydrogens is 266 g/mol. The molecule has 0 unspecified atom stereocenters. The number of rotatable bonds is 5. The number of methoxy groups -OCH3 is 1. The Bertz CT molecular complexity index is 647. The largest absolute Gasteiger partial charge is 0.497 e. The molecule has 0 spiro atoms. The van der Waals surface area contributed by atoms with Gasteiger partial charge in [0.05, 0.1) is 18.2 Å². The summed E-state index contributed by atoms with van der Waals surface area (Å²) in [7, 11) is -0.206. The zero-order valence-electron chi connectivity index (χ0n) is 10.7. The van der Waals surface area contributed by atoms with Gasteiger partial charge in [-0.2, -0.15) is 5.10 Å². The molecule has 0 amide bonds. The minimum Gasteiger partial charge on any atom is -0.497 e. The fourth-order valence-electron chi connectivity index (χ4n) is 1.58. The summed E-state index contributed by atoms with van der Waals surface area (Å²) < 4.78 is 33.2. The molecule has 0 bridgehead atoms. The summed E-state index contributed by atoms with van der Waals surface area (Å²) in [4.78, 5) is 0.206. The Morgan fingerprint density at radius 3 is 2.53 bits per heavy atom. The summed E-state index contributed by atoms with van der Waals surface area (Å²) >= 11 is 0. The third-order valence-electron chi connectivity index (χ3n) is 2.59. The lowest BCUT2D eigenvalue weighted by molar-refractivity contribution is 0.414. The molecule has 1 aromatic heterocycles. The van der Waals surface area contributed by atoms with Crippen LogP contribution in [0.4, 0.5) is 0 Å². The first-order chi connectivity index (χ1) is 9.01. The van der Waals surface area contributed by atoms with E-state index >= 15 is 0 Å². The highest BCUT2D eigenvalue weighted by molar-refractivity contribution is 7.89. The van der Waals surface area contributed by atoms with E-state index in [0.29, 0.717) is 5.75 Å². The van der Waals surface area contributed by atoms with Crippen molar-refractivity contribution >= 4 is 10.0 Å². The fourth-order valence-corrected chi connectivity index (χ4v) is 2.60. The molecular formula is C12H15N3O3S. The van der Waals surface area contributed by atoms with Crippen LogP contribution < -0.4 is 9.46 Å². The zero-order chi connectivity index (χ0) is 13.9. The van der Waals surface area contributed by atoms with E-state index in [0.717, 1.165) is 5.56 Å². The van der Waals surface area contributed by atoms with Gasteiger partial charge >= 0.3 is 0 Å². The van der Waals surface area contributed by atoms with Crippen molar-refractivity contribution in [1.29, 1.82) is 0 Å². The predicted molar refractivity (Wildman–Crippen MR) is 70.2 cm³/mol. The second kappa shape index (κ2) is 5.41. The van der Waals surface area contributed by atoms with Crippen LogP contribution in [0.5, 0.6) is 5.75 Å². The highest BCUT2D eigenvalue weighted by Crippen LogP contribution is 2.15. The Hall–Kier alpha value is -1.86. The van der Waals surface area contributed by atoms with Crippen LogP contribution in [-0.2, 0) is 23.6 Å². The van der Waals surface area contributed by atoms with Gasteiger partial charge in [-0.1, -0.05) is 0 Å².